The highest BCUT2D eigenvalue weighted by Gasteiger charge is 2.34. The maximum atomic E-state index is 12.9. The van der Waals surface area contributed by atoms with Gasteiger partial charge in [0, 0.05) is 19.0 Å². The molecule has 1 amide bonds. The molecule has 1 saturated heterocycles. The molecule has 1 N–H and O–H groups in total. The lowest BCUT2D eigenvalue weighted by Gasteiger charge is -2.31. The number of carbonyl (C=O) groups is 1. The highest BCUT2D eigenvalue weighted by Crippen LogP contribution is 2.33. The molecule has 6 heteroatoms. The fraction of sp³-hybridized carbons (Fsp3) is 0.370. The van der Waals surface area contributed by atoms with Gasteiger partial charge in [-0.15, -0.1) is 0 Å². The summed E-state index contributed by atoms with van der Waals surface area (Å²) in [5.74, 6) is 1.46. The zero-order valence-corrected chi connectivity index (χ0v) is 19.2. The van der Waals surface area contributed by atoms with E-state index in [9.17, 15) is 9.18 Å². The summed E-state index contributed by atoms with van der Waals surface area (Å²) >= 11 is 0. The molecule has 0 aromatic heterocycles. The first-order chi connectivity index (χ1) is 16.0. The fourth-order valence-corrected chi connectivity index (χ4v) is 4.53. The largest absolute Gasteiger partial charge is 0.497 e. The molecule has 1 aliphatic rings. The second-order valence-electron chi connectivity index (χ2n) is 8.48. The van der Waals surface area contributed by atoms with Gasteiger partial charge in [-0.2, -0.15) is 0 Å². The molecule has 4 rings (SSSR count). The van der Waals surface area contributed by atoms with E-state index in [1.165, 1.54) is 12.1 Å². The van der Waals surface area contributed by atoms with Crippen molar-refractivity contribution >= 4 is 16.7 Å². The molecule has 0 radical (unpaired) electrons. The number of hydrogen-bond donors (Lipinski definition) is 1. The summed E-state index contributed by atoms with van der Waals surface area (Å²) in [5.41, 5.74) is 1.15. The van der Waals surface area contributed by atoms with Gasteiger partial charge in [0.05, 0.1) is 13.2 Å². The van der Waals surface area contributed by atoms with Crippen molar-refractivity contribution in [1.82, 2.24) is 10.2 Å². The van der Waals surface area contributed by atoms with Crippen LogP contribution in [0.15, 0.2) is 60.7 Å². The maximum absolute atomic E-state index is 12.9. The van der Waals surface area contributed by atoms with Crippen molar-refractivity contribution < 1.29 is 18.7 Å². The molecule has 0 aliphatic carbocycles. The number of halogens is 1. The minimum absolute atomic E-state index is 0.0262. The number of nitrogens with one attached hydrogen (secondary N) is 1. The van der Waals surface area contributed by atoms with Crippen LogP contribution >= 0.6 is 0 Å². The van der Waals surface area contributed by atoms with Crippen LogP contribution in [0.25, 0.3) is 10.8 Å². The van der Waals surface area contributed by atoms with Crippen LogP contribution < -0.4 is 14.8 Å². The second kappa shape index (κ2) is 10.7. The van der Waals surface area contributed by atoms with Gasteiger partial charge in [-0.25, -0.2) is 4.39 Å². The van der Waals surface area contributed by atoms with E-state index in [2.05, 4.69) is 41.4 Å². The Bertz CT molecular complexity index is 1090. The molecule has 0 spiro atoms. The maximum Gasteiger partial charge on any atom is 0.223 e. The standard InChI is InChI=1S/C27H31FN2O3/c1-19(20-3-4-22-18-26(32-2)9-5-21(22)17-20)30-24(8-12-27(30)31)13-14-29-15-16-33-25-10-6-23(28)7-11-25/h3-7,9-11,17-19,24,29H,8,12-16H2,1-2H3/t19-,24-/m0/s1. The van der Waals surface area contributed by atoms with Crippen LogP contribution in [0.2, 0.25) is 0 Å². The van der Waals surface area contributed by atoms with Crippen LogP contribution in [-0.4, -0.2) is 43.7 Å². The lowest BCUT2D eigenvalue weighted by Crippen LogP contribution is -2.37. The fourth-order valence-electron chi connectivity index (χ4n) is 4.53. The van der Waals surface area contributed by atoms with E-state index < -0.39 is 0 Å². The molecule has 3 aromatic carbocycles. The lowest BCUT2D eigenvalue weighted by atomic mass is 10.0. The predicted octanol–water partition coefficient (Wildman–Crippen LogP) is 5.10. The molecule has 1 fully saturated rings. The van der Waals surface area contributed by atoms with E-state index in [4.69, 9.17) is 9.47 Å². The van der Waals surface area contributed by atoms with E-state index in [0.717, 1.165) is 41.5 Å². The molecule has 174 valence electrons. The first-order valence-corrected chi connectivity index (χ1v) is 11.5. The molecule has 0 bridgehead atoms. The van der Waals surface area contributed by atoms with Crippen LogP contribution in [0.3, 0.4) is 0 Å². The Hall–Kier alpha value is -3.12. The first-order valence-electron chi connectivity index (χ1n) is 11.5. The number of likely N-dealkylation sites (tertiary alicyclic amines) is 1. The number of fused-ring (bicyclic) bond motifs is 1. The third-order valence-corrected chi connectivity index (χ3v) is 6.36. The Labute approximate surface area is 194 Å². The summed E-state index contributed by atoms with van der Waals surface area (Å²) in [6.45, 7) is 4.13. The van der Waals surface area contributed by atoms with Gasteiger partial charge in [-0.1, -0.05) is 18.2 Å². The summed E-state index contributed by atoms with van der Waals surface area (Å²) in [7, 11) is 1.67. The number of nitrogens with zero attached hydrogens (tertiary/aromatic N) is 1. The van der Waals surface area contributed by atoms with Crippen molar-refractivity contribution in [2.45, 2.75) is 38.3 Å². The first kappa shape index (κ1) is 23.1. The summed E-state index contributed by atoms with van der Waals surface area (Å²) < 4.78 is 23.9. The summed E-state index contributed by atoms with van der Waals surface area (Å²) in [6, 6.07) is 18.7. The topological polar surface area (TPSA) is 50.8 Å². The van der Waals surface area contributed by atoms with E-state index >= 15 is 0 Å². The lowest BCUT2D eigenvalue weighted by molar-refractivity contribution is -0.131. The predicted molar refractivity (Wildman–Crippen MR) is 128 cm³/mol. The molecule has 5 nitrogen and oxygen atoms in total. The highest BCUT2D eigenvalue weighted by atomic mass is 19.1. The summed E-state index contributed by atoms with van der Waals surface area (Å²) in [5, 5.41) is 5.67. The van der Waals surface area contributed by atoms with E-state index in [-0.39, 0.29) is 23.8 Å². The van der Waals surface area contributed by atoms with E-state index in [1.54, 1.807) is 19.2 Å². The van der Waals surface area contributed by atoms with Gasteiger partial charge in [-0.3, -0.25) is 4.79 Å². The molecule has 0 saturated carbocycles. The number of carbonyl (C=O) groups excluding carboxylic acids is 1. The molecule has 2 atom stereocenters. The van der Waals surface area contributed by atoms with Gasteiger partial charge in [0.2, 0.25) is 5.91 Å². The van der Waals surface area contributed by atoms with Crippen LogP contribution in [0.5, 0.6) is 11.5 Å². The van der Waals surface area contributed by atoms with Gasteiger partial charge in [0.25, 0.3) is 0 Å². The molecule has 1 heterocycles. The third-order valence-electron chi connectivity index (χ3n) is 6.36. The van der Waals surface area contributed by atoms with E-state index in [0.29, 0.717) is 25.3 Å². The van der Waals surface area contributed by atoms with Crippen molar-refractivity contribution in [2.24, 2.45) is 0 Å². The Balaban J connectivity index is 1.29. The SMILES string of the molecule is COc1ccc2cc([C@H](C)N3C(=O)CC[C@H]3CCNCCOc3ccc(F)cc3)ccc2c1. The molecule has 3 aromatic rings. The Kier molecular flexibility index (Phi) is 7.45. The number of amides is 1. The van der Waals surface area contributed by atoms with Gasteiger partial charge in [-0.05, 0) is 85.1 Å². The van der Waals surface area contributed by atoms with Gasteiger partial charge < -0.3 is 19.7 Å². The second-order valence-corrected chi connectivity index (χ2v) is 8.48. The highest BCUT2D eigenvalue weighted by molar-refractivity contribution is 5.85. The Morgan fingerprint density at radius 1 is 1.03 bits per heavy atom. The van der Waals surface area contributed by atoms with Crippen molar-refractivity contribution in [3.8, 4) is 11.5 Å². The van der Waals surface area contributed by atoms with Crippen LogP contribution in [0.1, 0.15) is 37.8 Å². The molecule has 0 unspecified atom stereocenters. The zero-order chi connectivity index (χ0) is 23.2. The van der Waals surface area contributed by atoms with Crippen LogP contribution in [0.4, 0.5) is 4.39 Å². The third kappa shape index (κ3) is 5.63. The zero-order valence-electron chi connectivity index (χ0n) is 19.2. The number of hydrogen-bond acceptors (Lipinski definition) is 4. The summed E-state index contributed by atoms with van der Waals surface area (Å²) in [4.78, 5) is 14.8. The number of ether oxygens (including phenoxy) is 2. The number of methoxy groups -OCH3 is 1. The summed E-state index contributed by atoms with van der Waals surface area (Å²) in [6.07, 6.45) is 2.40. The number of rotatable bonds is 10. The quantitative estimate of drug-likeness (QED) is 0.437. The normalized spacial score (nSPS) is 16.9. The van der Waals surface area contributed by atoms with Crippen molar-refractivity contribution in [2.75, 3.05) is 26.8 Å². The van der Waals surface area contributed by atoms with Gasteiger partial charge in [0.15, 0.2) is 0 Å². The molecular weight excluding hydrogens is 419 g/mol. The van der Waals surface area contributed by atoms with Gasteiger partial charge in [0.1, 0.15) is 23.9 Å². The minimum Gasteiger partial charge on any atom is -0.497 e. The Morgan fingerprint density at radius 3 is 2.55 bits per heavy atom. The average molecular weight is 451 g/mol. The Morgan fingerprint density at radius 2 is 1.76 bits per heavy atom. The van der Waals surface area contributed by atoms with Crippen molar-refractivity contribution in [1.29, 1.82) is 0 Å². The molecular formula is C27H31FN2O3. The average Bonchev–Trinajstić information content (AvgIpc) is 3.21. The number of benzene rings is 3. The molecule has 1 aliphatic heterocycles. The van der Waals surface area contributed by atoms with Crippen LogP contribution in [0, 0.1) is 5.82 Å². The monoisotopic (exact) mass is 450 g/mol. The van der Waals surface area contributed by atoms with Crippen LogP contribution in [-0.2, 0) is 4.79 Å². The molecule has 33 heavy (non-hydrogen) atoms. The van der Waals surface area contributed by atoms with E-state index in [1.807, 2.05) is 12.1 Å². The smallest absolute Gasteiger partial charge is 0.223 e. The minimum atomic E-state index is -0.269. The van der Waals surface area contributed by atoms with Crippen molar-refractivity contribution in [3.05, 3.63) is 72.0 Å². The van der Waals surface area contributed by atoms with Crippen molar-refractivity contribution in [3.63, 3.8) is 0 Å². The van der Waals surface area contributed by atoms with Gasteiger partial charge >= 0.3 is 0 Å².